The molecule has 0 saturated carbocycles. The molecule has 1 aromatic carbocycles. The molecule has 0 bridgehead atoms. The van der Waals surface area contributed by atoms with Crippen LogP contribution >= 0.6 is 0 Å². The van der Waals surface area contributed by atoms with Gasteiger partial charge in [0, 0.05) is 30.9 Å². The molecule has 2 heterocycles. The van der Waals surface area contributed by atoms with Crippen LogP contribution in [-0.4, -0.2) is 31.9 Å². The summed E-state index contributed by atoms with van der Waals surface area (Å²) in [6, 6.07) is 5.89. The molecule has 2 N–H and O–H groups in total. The summed E-state index contributed by atoms with van der Waals surface area (Å²) < 4.78 is 16.2. The van der Waals surface area contributed by atoms with E-state index in [1.165, 1.54) is 0 Å². The molecule has 0 atom stereocenters. The Labute approximate surface area is 153 Å². The third-order valence-electron chi connectivity index (χ3n) is 4.29. The van der Waals surface area contributed by atoms with Crippen LogP contribution in [0, 0.1) is 13.8 Å². The first-order chi connectivity index (χ1) is 12.6. The van der Waals surface area contributed by atoms with E-state index in [4.69, 9.17) is 14.2 Å². The van der Waals surface area contributed by atoms with Gasteiger partial charge in [0.25, 0.3) is 0 Å². The highest BCUT2D eigenvalue weighted by Crippen LogP contribution is 2.32. The van der Waals surface area contributed by atoms with Crippen molar-refractivity contribution >= 4 is 5.96 Å². The molecule has 1 aliphatic rings. The third kappa shape index (κ3) is 3.82. The van der Waals surface area contributed by atoms with Crippen molar-refractivity contribution in [1.29, 1.82) is 0 Å². The number of fused-ring (bicyclic) bond motifs is 1. The lowest BCUT2D eigenvalue weighted by Gasteiger charge is -2.15. The summed E-state index contributed by atoms with van der Waals surface area (Å²) in [6.45, 7) is 5.46. The van der Waals surface area contributed by atoms with Gasteiger partial charge in [0.1, 0.15) is 5.75 Å². The van der Waals surface area contributed by atoms with Crippen LogP contribution in [0.2, 0.25) is 0 Å². The largest absolute Gasteiger partial charge is 0.496 e. The van der Waals surface area contributed by atoms with Gasteiger partial charge in [-0.05, 0) is 31.5 Å². The Morgan fingerprint density at radius 1 is 1.19 bits per heavy atom. The van der Waals surface area contributed by atoms with Gasteiger partial charge in [-0.3, -0.25) is 9.98 Å². The fourth-order valence-corrected chi connectivity index (χ4v) is 2.87. The van der Waals surface area contributed by atoms with Gasteiger partial charge in [0.05, 0.1) is 19.3 Å². The molecule has 26 heavy (non-hydrogen) atoms. The van der Waals surface area contributed by atoms with Crippen molar-refractivity contribution in [2.24, 2.45) is 4.99 Å². The molecular weight excluding hydrogens is 332 g/mol. The molecule has 0 radical (unpaired) electrons. The van der Waals surface area contributed by atoms with Gasteiger partial charge >= 0.3 is 0 Å². The minimum atomic E-state index is 0.280. The van der Waals surface area contributed by atoms with Gasteiger partial charge in [0.15, 0.2) is 17.5 Å². The van der Waals surface area contributed by atoms with E-state index in [1.54, 1.807) is 14.2 Å². The highest BCUT2D eigenvalue weighted by Gasteiger charge is 2.13. The zero-order chi connectivity index (χ0) is 18.5. The smallest absolute Gasteiger partial charge is 0.231 e. The number of aliphatic imine (C=N–C) groups is 1. The summed E-state index contributed by atoms with van der Waals surface area (Å²) in [5.41, 5.74) is 4.08. The van der Waals surface area contributed by atoms with Crippen molar-refractivity contribution < 1.29 is 14.2 Å². The second kappa shape index (κ2) is 7.95. The molecule has 7 nitrogen and oxygen atoms in total. The fourth-order valence-electron chi connectivity index (χ4n) is 2.87. The quantitative estimate of drug-likeness (QED) is 0.632. The van der Waals surface area contributed by atoms with Crippen molar-refractivity contribution in [2.75, 3.05) is 21.0 Å². The normalized spacial score (nSPS) is 12.8. The number of aromatic nitrogens is 1. The lowest BCUT2D eigenvalue weighted by molar-refractivity contribution is 0.174. The summed E-state index contributed by atoms with van der Waals surface area (Å²) in [5.74, 6) is 3.13. The summed E-state index contributed by atoms with van der Waals surface area (Å²) in [6.07, 6.45) is 1.83. The van der Waals surface area contributed by atoms with E-state index in [0.29, 0.717) is 19.0 Å². The summed E-state index contributed by atoms with van der Waals surface area (Å²) in [5, 5.41) is 6.57. The minimum Gasteiger partial charge on any atom is -0.496 e. The molecule has 3 rings (SSSR count). The lowest BCUT2D eigenvalue weighted by Crippen LogP contribution is -2.36. The minimum absolute atomic E-state index is 0.280. The molecule has 1 aromatic heterocycles. The molecule has 0 unspecified atom stereocenters. The maximum absolute atomic E-state index is 5.46. The molecule has 0 saturated heterocycles. The SMILES string of the molecule is CN=C(NCc1ccc2c(c1)OCO2)NCc1ncc(C)c(OC)c1C. The number of aryl methyl sites for hydroxylation is 1. The maximum Gasteiger partial charge on any atom is 0.231 e. The van der Waals surface area contributed by atoms with Gasteiger partial charge in [-0.1, -0.05) is 6.07 Å². The highest BCUT2D eigenvalue weighted by atomic mass is 16.7. The zero-order valence-electron chi connectivity index (χ0n) is 15.5. The van der Waals surface area contributed by atoms with Crippen LogP contribution in [0.1, 0.15) is 22.4 Å². The Morgan fingerprint density at radius 2 is 1.96 bits per heavy atom. The van der Waals surface area contributed by atoms with Crippen molar-refractivity contribution in [3.05, 3.63) is 46.8 Å². The van der Waals surface area contributed by atoms with E-state index in [-0.39, 0.29) is 6.79 Å². The predicted molar refractivity (Wildman–Crippen MR) is 99.9 cm³/mol. The van der Waals surface area contributed by atoms with Crippen LogP contribution in [0.3, 0.4) is 0 Å². The van der Waals surface area contributed by atoms with Gasteiger partial charge in [0.2, 0.25) is 6.79 Å². The van der Waals surface area contributed by atoms with E-state index in [2.05, 4.69) is 20.6 Å². The van der Waals surface area contributed by atoms with Crippen LogP contribution in [0.15, 0.2) is 29.4 Å². The first-order valence-electron chi connectivity index (χ1n) is 8.44. The van der Waals surface area contributed by atoms with Crippen molar-refractivity contribution in [2.45, 2.75) is 26.9 Å². The van der Waals surface area contributed by atoms with Crippen LogP contribution in [0.25, 0.3) is 0 Å². The molecule has 7 heteroatoms. The highest BCUT2D eigenvalue weighted by molar-refractivity contribution is 5.79. The molecule has 2 aromatic rings. The molecule has 0 spiro atoms. The molecule has 0 fully saturated rings. The van der Waals surface area contributed by atoms with Crippen molar-refractivity contribution in [1.82, 2.24) is 15.6 Å². The van der Waals surface area contributed by atoms with Crippen molar-refractivity contribution in [3.63, 3.8) is 0 Å². The van der Waals surface area contributed by atoms with Crippen LogP contribution in [0.4, 0.5) is 0 Å². The Morgan fingerprint density at radius 3 is 2.73 bits per heavy atom. The average Bonchev–Trinajstić information content (AvgIpc) is 3.11. The molecule has 0 amide bonds. The zero-order valence-corrected chi connectivity index (χ0v) is 15.5. The fraction of sp³-hybridized carbons (Fsp3) is 0.368. The number of benzene rings is 1. The second-order valence-electron chi connectivity index (χ2n) is 6.01. The standard InChI is InChI=1S/C19H24N4O3/c1-12-8-21-15(13(2)18(12)24-4)10-23-19(20-3)22-9-14-5-6-16-17(7-14)26-11-25-16/h5-8H,9-11H2,1-4H3,(H2,20,22,23). The number of hydrogen-bond acceptors (Lipinski definition) is 5. The van der Waals surface area contributed by atoms with E-state index >= 15 is 0 Å². The number of pyridine rings is 1. The summed E-state index contributed by atoms with van der Waals surface area (Å²) >= 11 is 0. The van der Waals surface area contributed by atoms with Gasteiger partial charge in [-0.25, -0.2) is 0 Å². The average molecular weight is 356 g/mol. The van der Waals surface area contributed by atoms with E-state index in [1.807, 2.05) is 38.2 Å². The Balaban J connectivity index is 1.59. The van der Waals surface area contributed by atoms with Crippen LogP contribution in [0.5, 0.6) is 17.2 Å². The van der Waals surface area contributed by atoms with E-state index < -0.39 is 0 Å². The second-order valence-corrected chi connectivity index (χ2v) is 6.01. The lowest BCUT2D eigenvalue weighted by atomic mass is 10.1. The Bertz CT molecular complexity index is 821. The maximum atomic E-state index is 5.46. The van der Waals surface area contributed by atoms with E-state index in [0.717, 1.165) is 39.6 Å². The molecule has 1 aliphatic heterocycles. The molecule has 138 valence electrons. The number of hydrogen-bond donors (Lipinski definition) is 2. The number of nitrogens with one attached hydrogen (secondary N) is 2. The number of nitrogens with zero attached hydrogens (tertiary/aromatic N) is 2. The summed E-state index contributed by atoms with van der Waals surface area (Å²) in [4.78, 5) is 8.75. The predicted octanol–water partition coefficient (Wildman–Crippen LogP) is 2.30. The number of methoxy groups -OCH3 is 1. The Hall–Kier alpha value is -2.96. The van der Waals surface area contributed by atoms with Gasteiger partial charge in [-0.15, -0.1) is 0 Å². The molecular formula is C19H24N4O3. The third-order valence-corrected chi connectivity index (χ3v) is 4.29. The van der Waals surface area contributed by atoms with E-state index in [9.17, 15) is 0 Å². The van der Waals surface area contributed by atoms with Crippen molar-refractivity contribution in [3.8, 4) is 17.2 Å². The molecule has 0 aliphatic carbocycles. The van der Waals surface area contributed by atoms with Gasteiger partial charge in [-0.2, -0.15) is 0 Å². The number of guanidine groups is 1. The van der Waals surface area contributed by atoms with Crippen LogP contribution in [-0.2, 0) is 13.1 Å². The first-order valence-corrected chi connectivity index (χ1v) is 8.44. The van der Waals surface area contributed by atoms with Crippen LogP contribution < -0.4 is 24.8 Å². The monoisotopic (exact) mass is 356 g/mol. The number of rotatable bonds is 5. The number of ether oxygens (including phenoxy) is 3. The first kappa shape index (κ1) is 17.8. The van der Waals surface area contributed by atoms with Gasteiger partial charge < -0.3 is 24.8 Å². The topological polar surface area (TPSA) is 77.0 Å². The summed E-state index contributed by atoms with van der Waals surface area (Å²) in [7, 11) is 3.42. The Kier molecular flexibility index (Phi) is 5.46.